The van der Waals surface area contributed by atoms with Crippen LogP contribution in [0.3, 0.4) is 0 Å². The van der Waals surface area contributed by atoms with Crippen molar-refractivity contribution in [1.29, 1.82) is 0 Å². The fourth-order valence-electron chi connectivity index (χ4n) is 0.738. The SMILES string of the molecule is CCN1CC(=S)NC1=S. The molecule has 1 heterocycles. The molecule has 1 saturated heterocycles. The molecule has 0 amide bonds. The van der Waals surface area contributed by atoms with E-state index in [0.717, 1.165) is 23.2 Å². The molecule has 0 unspecified atom stereocenters. The van der Waals surface area contributed by atoms with Crippen molar-refractivity contribution in [3.8, 4) is 0 Å². The fourth-order valence-corrected chi connectivity index (χ4v) is 1.37. The Morgan fingerprint density at radius 3 is 2.56 bits per heavy atom. The smallest absolute Gasteiger partial charge is 0.174 e. The van der Waals surface area contributed by atoms with Gasteiger partial charge in [-0.05, 0) is 19.1 Å². The predicted octanol–water partition coefficient (Wildman–Crippen LogP) is 0.524. The van der Waals surface area contributed by atoms with E-state index in [4.69, 9.17) is 24.4 Å². The van der Waals surface area contributed by atoms with E-state index in [1.807, 2.05) is 4.90 Å². The Balaban J connectivity index is 2.58. The monoisotopic (exact) mass is 160 g/mol. The topological polar surface area (TPSA) is 15.3 Å². The van der Waals surface area contributed by atoms with Crippen LogP contribution >= 0.6 is 24.4 Å². The molecule has 0 aromatic rings. The lowest BCUT2D eigenvalue weighted by atomic mass is 10.6. The highest BCUT2D eigenvalue weighted by Crippen LogP contribution is 1.97. The van der Waals surface area contributed by atoms with Gasteiger partial charge in [-0.3, -0.25) is 0 Å². The van der Waals surface area contributed by atoms with Crippen LogP contribution in [0.5, 0.6) is 0 Å². The molecule has 0 saturated carbocycles. The molecule has 0 aliphatic carbocycles. The summed E-state index contributed by atoms with van der Waals surface area (Å²) in [4.78, 5) is 2.86. The molecule has 0 spiro atoms. The Hall–Kier alpha value is -0.220. The molecular formula is C5H8N2S2. The molecule has 4 heteroatoms. The number of thiocarbonyl (C=S) groups is 2. The lowest BCUT2D eigenvalue weighted by Gasteiger charge is -2.10. The summed E-state index contributed by atoms with van der Waals surface area (Å²) in [6.45, 7) is 3.79. The van der Waals surface area contributed by atoms with Crippen molar-refractivity contribution in [1.82, 2.24) is 10.2 Å². The van der Waals surface area contributed by atoms with Crippen LogP contribution in [-0.2, 0) is 0 Å². The lowest BCUT2D eigenvalue weighted by molar-refractivity contribution is 0.524. The second kappa shape index (κ2) is 2.58. The molecular weight excluding hydrogens is 152 g/mol. The molecule has 50 valence electrons. The molecule has 2 nitrogen and oxygen atoms in total. The first kappa shape index (κ1) is 6.89. The average molecular weight is 160 g/mol. The molecule has 1 fully saturated rings. The molecule has 0 bridgehead atoms. The zero-order valence-electron chi connectivity index (χ0n) is 5.18. The zero-order valence-corrected chi connectivity index (χ0v) is 6.81. The van der Waals surface area contributed by atoms with Gasteiger partial charge >= 0.3 is 0 Å². The summed E-state index contributed by atoms with van der Waals surface area (Å²) in [5.74, 6) is 0. The van der Waals surface area contributed by atoms with Crippen LogP contribution < -0.4 is 5.32 Å². The third kappa shape index (κ3) is 1.37. The van der Waals surface area contributed by atoms with Crippen LogP contribution in [0.25, 0.3) is 0 Å². The van der Waals surface area contributed by atoms with Crippen LogP contribution in [0.2, 0.25) is 0 Å². The van der Waals surface area contributed by atoms with Gasteiger partial charge in [0.15, 0.2) is 5.11 Å². The molecule has 0 radical (unpaired) electrons. The predicted molar refractivity (Wildman–Crippen MR) is 45.6 cm³/mol. The van der Waals surface area contributed by atoms with Gasteiger partial charge in [-0.25, -0.2) is 0 Å². The number of nitrogens with one attached hydrogen (secondary N) is 1. The Bertz CT molecular complexity index is 155. The number of hydrogen-bond acceptors (Lipinski definition) is 2. The van der Waals surface area contributed by atoms with Gasteiger partial charge < -0.3 is 10.2 Å². The number of nitrogens with zero attached hydrogens (tertiary/aromatic N) is 1. The highest BCUT2D eigenvalue weighted by atomic mass is 32.1. The van der Waals surface area contributed by atoms with Crippen molar-refractivity contribution in [2.45, 2.75) is 6.92 Å². The molecule has 0 aromatic carbocycles. The van der Waals surface area contributed by atoms with Gasteiger partial charge in [0.1, 0.15) is 4.99 Å². The van der Waals surface area contributed by atoms with Gasteiger partial charge in [0.05, 0.1) is 6.54 Å². The van der Waals surface area contributed by atoms with Crippen LogP contribution in [0.4, 0.5) is 0 Å². The summed E-state index contributed by atoms with van der Waals surface area (Å²) < 4.78 is 0. The van der Waals surface area contributed by atoms with Gasteiger partial charge in [-0.2, -0.15) is 0 Å². The minimum atomic E-state index is 0.766. The number of hydrogen-bond donors (Lipinski definition) is 1. The van der Waals surface area contributed by atoms with Crippen molar-refractivity contribution < 1.29 is 0 Å². The molecule has 1 aliphatic heterocycles. The fraction of sp³-hybridized carbons (Fsp3) is 0.600. The van der Waals surface area contributed by atoms with E-state index in [9.17, 15) is 0 Å². The summed E-state index contributed by atoms with van der Waals surface area (Å²) in [7, 11) is 0. The van der Waals surface area contributed by atoms with E-state index in [2.05, 4.69) is 12.2 Å². The average Bonchev–Trinajstić information content (AvgIpc) is 2.10. The maximum Gasteiger partial charge on any atom is 0.174 e. The maximum atomic E-state index is 4.94. The Labute approximate surface area is 65.2 Å². The normalized spacial score (nSPS) is 18.6. The van der Waals surface area contributed by atoms with Gasteiger partial charge in [0.25, 0.3) is 0 Å². The third-order valence-electron chi connectivity index (χ3n) is 1.25. The second-order valence-corrected chi connectivity index (χ2v) is 2.75. The van der Waals surface area contributed by atoms with E-state index in [0.29, 0.717) is 0 Å². The molecule has 1 aliphatic rings. The van der Waals surface area contributed by atoms with E-state index in [1.54, 1.807) is 0 Å². The molecule has 1 N–H and O–H groups in total. The van der Waals surface area contributed by atoms with Crippen molar-refractivity contribution in [3.05, 3.63) is 0 Å². The standard InChI is InChI=1S/C5H8N2S2/c1-2-7-3-4(8)6-5(7)9/h2-3H2,1H3,(H,6,8,9). The minimum absolute atomic E-state index is 0.766. The highest BCUT2D eigenvalue weighted by Gasteiger charge is 2.17. The van der Waals surface area contributed by atoms with Crippen molar-refractivity contribution in [3.63, 3.8) is 0 Å². The Morgan fingerprint density at radius 2 is 2.33 bits per heavy atom. The summed E-state index contributed by atoms with van der Waals surface area (Å²) >= 11 is 9.84. The van der Waals surface area contributed by atoms with Crippen LogP contribution in [0.1, 0.15) is 6.92 Å². The molecule has 0 aromatic heterocycles. The van der Waals surface area contributed by atoms with Crippen molar-refractivity contribution in [2.24, 2.45) is 0 Å². The largest absolute Gasteiger partial charge is 0.343 e. The second-order valence-electron chi connectivity index (χ2n) is 1.87. The minimum Gasteiger partial charge on any atom is -0.343 e. The first-order chi connectivity index (χ1) is 4.24. The summed E-state index contributed by atoms with van der Waals surface area (Å²) in [6.07, 6.45) is 0. The van der Waals surface area contributed by atoms with Crippen molar-refractivity contribution >= 4 is 34.5 Å². The highest BCUT2D eigenvalue weighted by molar-refractivity contribution is 7.82. The third-order valence-corrected chi connectivity index (χ3v) is 1.84. The van der Waals surface area contributed by atoms with Crippen LogP contribution in [0.15, 0.2) is 0 Å². The summed E-state index contributed by atoms with van der Waals surface area (Å²) in [6, 6.07) is 0. The van der Waals surface area contributed by atoms with E-state index < -0.39 is 0 Å². The van der Waals surface area contributed by atoms with Crippen LogP contribution in [-0.4, -0.2) is 28.1 Å². The Morgan fingerprint density at radius 1 is 1.67 bits per heavy atom. The quantitative estimate of drug-likeness (QED) is 0.562. The number of rotatable bonds is 1. The van der Waals surface area contributed by atoms with Gasteiger partial charge in [0.2, 0.25) is 0 Å². The lowest BCUT2D eigenvalue weighted by Crippen LogP contribution is -2.27. The van der Waals surface area contributed by atoms with Gasteiger partial charge in [-0.15, -0.1) is 0 Å². The summed E-state index contributed by atoms with van der Waals surface area (Å²) in [5.41, 5.74) is 0. The molecule has 0 atom stereocenters. The maximum absolute atomic E-state index is 4.94. The van der Waals surface area contributed by atoms with Gasteiger partial charge in [0, 0.05) is 6.54 Å². The first-order valence-corrected chi connectivity index (χ1v) is 3.64. The Kier molecular flexibility index (Phi) is 1.97. The van der Waals surface area contributed by atoms with Gasteiger partial charge in [-0.1, -0.05) is 12.2 Å². The van der Waals surface area contributed by atoms with E-state index in [-0.39, 0.29) is 0 Å². The zero-order chi connectivity index (χ0) is 6.85. The summed E-state index contributed by atoms with van der Waals surface area (Å²) in [5, 5.41) is 3.67. The number of likely N-dealkylation sites (N-methyl/N-ethyl adjacent to an activating group) is 1. The van der Waals surface area contributed by atoms with E-state index in [1.165, 1.54) is 0 Å². The van der Waals surface area contributed by atoms with Crippen LogP contribution in [0, 0.1) is 0 Å². The first-order valence-electron chi connectivity index (χ1n) is 2.82. The van der Waals surface area contributed by atoms with E-state index >= 15 is 0 Å². The van der Waals surface area contributed by atoms with Crippen molar-refractivity contribution in [2.75, 3.05) is 13.1 Å². The molecule has 1 rings (SSSR count). The molecule has 9 heavy (non-hydrogen) atoms.